The van der Waals surface area contributed by atoms with Crippen LogP contribution in [0.5, 0.6) is 0 Å². The quantitative estimate of drug-likeness (QED) is 0.640. The van der Waals surface area contributed by atoms with Gasteiger partial charge in [-0.3, -0.25) is 0 Å². The van der Waals surface area contributed by atoms with Gasteiger partial charge in [-0.15, -0.1) is 11.8 Å². The van der Waals surface area contributed by atoms with E-state index in [2.05, 4.69) is 32.5 Å². The summed E-state index contributed by atoms with van der Waals surface area (Å²) in [7, 11) is 0. The summed E-state index contributed by atoms with van der Waals surface area (Å²) in [6.07, 6.45) is 11.4. The van der Waals surface area contributed by atoms with Crippen molar-refractivity contribution < 1.29 is 4.74 Å². The van der Waals surface area contributed by atoms with Gasteiger partial charge in [0.1, 0.15) is 0 Å². The van der Waals surface area contributed by atoms with Crippen molar-refractivity contribution in [1.29, 1.82) is 0 Å². The topological polar surface area (TPSA) is 12.5 Å². The summed E-state index contributed by atoms with van der Waals surface area (Å²) < 4.78 is 6.96. The third-order valence-electron chi connectivity index (χ3n) is 6.99. The lowest BCUT2D eigenvalue weighted by Gasteiger charge is -2.30. The standard InChI is InChI=1S/C17H28OS/c1-15-11-9-12(7-8-14(15)19-15)13-6-4-5-10-16(2)17(13,3)18-16/h12-14H,4-11H2,1-3H3. The van der Waals surface area contributed by atoms with Gasteiger partial charge in [0.2, 0.25) is 0 Å². The van der Waals surface area contributed by atoms with E-state index in [0.717, 1.165) is 17.1 Å². The van der Waals surface area contributed by atoms with Crippen molar-refractivity contribution in [3.63, 3.8) is 0 Å². The van der Waals surface area contributed by atoms with Crippen LogP contribution in [-0.2, 0) is 4.74 Å². The molecule has 2 aliphatic heterocycles. The molecule has 19 heavy (non-hydrogen) atoms. The summed E-state index contributed by atoms with van der Waals surface area (Å²) in [6.45, 7) is 7.29. The number of hydrogen-bond acceptors (Lipinski definition) is 2. The van der Waals surface area contributed by atoms with E-state index in [1.807, 2.05) is 0 Å². The summed E-state index contributed by atoms with van der Waals surface area (Å²) in [5.74, 6) is 1.78. The third-order valence-corrected chi connectivity index (χ3v) is 8.80. The maximum atomic E-state index is 6.30. The molecule has 2 heteroatoms. The Hall–Kier alpha value is 0.310. The van der Waals surface area contributed by atoms with Crippen molar-refractivity contribution in [2.24, 2.45) is 11.8 Å². The maximum Gasteiger partial charge on any atom is 0.0979 e. The summed E-state index contributed by atoms with van der Waals surface area (Å²) in [5, 5.41) is 0.989. The van der Waals surface area contributed by atoms with Gasteiger partial charge in [-0.2, -0.15) is 0 Å². The van der Waals surface area contributed by atoms with E-state index >= 15 is 0 Å². The molecule has 4 aliphatic rings. The SMILES string of the molecule is CC12CCC(C3CCCCC4(C)OC34C)CCC1S2. The molecule has 0 aromatic heterocycles. The Labute approximate surface area is 122 Å². The van der Waals surface area contributed by atoms with Crippen LogP contribution in [0.1, 0.15) is 72.1 Å². The Bertz CT molecular complexity index is 397. The Kier molecular flexibility index (Phi) is 2.70. The van der Waals surface area contributed by atoms with E-state index in [1.165, 1.54) is 51.4 Å². The monoisotopic (exact) mass is 280 g/mol. The van der Waals surface area contributed by atoms with E-state index < -0.39 is 0 Å². The molecule has 0 N–H and O–H groups in total. The Morgan fingerprint density at radius 3 is 2.63 bits per heavy atom. The summed E-state index contributed by atoms with van der Waals surface area (Å²) in [4.78, 5) is 0. The number of fused-ring (bicyclic) bond motifs is 2. The van der Waals surface area contributed by atoms with Crippen molar-refractivity contribution in [3.05, 3.63) is 0 Å². The summed E-state index contributed by atoms with van der Waals surface area (Å²) >= 11 is 2.25. The molecule has 0 amide bonds. The number of rotatable bonds is 1. The minimum Gasteiger partial charge on any atom is -0.363 e. The van der Waals surface area contributed by atoms with Crippen LogP contribution >= 0.6 is 11.8 Å². The second-order valence-electron chi connectivity index (χ2n) is 8.09. The van der Waals surface area contributed by atoms with Crippen LogP contribution in [-0.4, -0.2) is 21.2 Å². The van der Waals surface area contributed by atoms with E-state index in [-0.39, 0.29) is 11.2 Å². The van der Waals surface area contributed by atoms with Crippen molar-refractivity contribution in [2.75, 3.05) is 0 Å². The van der Waals surface area contributed by atoms with Gasteiger partial charge in [0.05, 0.1) is 11.2 Å². The molecule has 2 saturated carbocycles. The highest BCUT2D eigenvalue weighted by atomic mass is 32.2. The zero-order valence-corrected chi connectivity index (χ0v) is 13.5. The molecule has 0 spiro atoms. The first kappa shape index (κ1) is 13.0. The Balaban J connectivity index is 1.52. The van der Waals surface area contributed by atoms with Gasteiger partial charge in [0.25, 0.3) is 0 Å². The molecule has 0 aromatic carbocycles. The first-order valence-corrected chi connectivity index (χ1v) is 9.23. The zero-order valence-electron chi connectivity index (χ0n) is 12.7. The summed E-state index contributed by atoms with van der Waals surface area (Å²) in [5.41, 5.74) is 0.443. The molecule has 2 saturated heterocycles. The van der Waals surface area contributed by atoms with Crippen LogP contribution in [0.4, 0.5) is 0 Å². The first-order valence-electron chi connectivity index (χ1n) is 8.35. The van der Waals surface area contributed by atoms with Gasteiger partial charge in [0, 0.05) is 10.00 Å². The lowest BCUT2D eigenvalue weighted by molar-refractivity contribution is 0.141. The molecule has 6 unspecified atom stereocenters. The molecular formula is C17H28OS. The lowest BCUT2D eigenvalue weighted by atomic mass is 9.72. The average molecular weight is 280 g/mol. The van der Waals surface area contributed by atoms with Crippen molar-refractivity contribution in [1.82, 2.24) is 0 Å². The van der Waals surface area contributed by atoms with Gasteiger partial charge in [-0.05, 0) is 71.1 Å². The van der Waals surface area contributed by atoms with Crippen LogP contribution in [0.3, 0.4) is 0 Å². The molecule has 108 valence electrons. The molecule has 0 radical (unpaired) electrons. The van der Waals surface area contributed by atoms with E-state index in [1.54, 1.807) is 0 Å². The van der Waals surface area contributed by atoms with Crippen LogP contribution in [0, 0.1) is 11.8 Å². The fraction of sp³-hybridized carbons (Fsp3) is 1.00. The van der Waals surface area contributed by atoms with E-state index in [9.17, 15) is 0 Å². The van der Waals surface area contributed by atoms with Gasteiger partial charge >= 0.3 is 0 Å². The number of ether oxygens (including phenoxy) is 1. The normalized spacial score (nSPS) is 60.5. The predicted octanol–water partition coefficient (Wildman–Crippen LogP) is 4.79. The van der Waals surface area contributed by atoms with Crippen LogP contribution in [0.25, 0.3) is 0 Å². The molecule has 4 rings (SSSR count). The third kappa shape index (κ3) is 1.85. The van der Waals surface area contributed by atoms with Gasteiger partial charge in [0.15, 0.2) is 0 Å². The van der Waals surface area contributed by atoms with Crippen molar-refractivity contribution in [3.8, 4) is 0 Å². The Morgan fingerprint density at radius 2 is 1.79 bits per heavy atom. The second kappa shape index (κ2) is 3.94. The van der Waals surface area contributed by atoms with Crippen molar-refractivity contribution >= 4 is 11.8 Å². The van der Waals surface area contributed by atoms with Crippen LogP contribution in [0.2, 0.25) is 0 Å². The Morgan fingerprint density at radius 1 is 0.947 bits per heavy atom. The van der Waals surface area contributed by atoms with Gasteiger partial charge in [-0.25, -0.2) is 0 Å². The minimum absolute atomic E-state index is 0.219. The van der Waals surface area contributed by atoms with Crippen LogP contribution in [0.15, 0.2) is 0 Å². The number of hydrogen-bond donors (Lipinski definition) is 0. The molecule has 0 aromatic rings. The second-order valence-corrected chi connectivity index (χ2v) is 9.82. The first-order chi connectivity index (χ1) is 8.97. The highest BCUT2D eigenvalue weighted by Crippen LogP contribution is 2.65. The number of epoxide rings is 1. The molecule has 4 fully saturated rings. The maximum absolute atomic E-state index is 6.30. The highest BCUT2D eigenvalue weighted by Gasteiger charge is 2.68. The number of thioether (sulfide) groups is 1. The van der Waals surface area contributed by atoms with Crippen LogP contribution < -0.4 is 0 Å². The van der Waals surface area contributed by atoms with E-state index in [4.69, 9.17) is 4.74 Å². The molecule has 1 nitrogen and oxygen atoms in total. The molecule has 6 atom stereocenters. The largest absolute Gasteiger partial charge is 0.363 e. The zero-order chi connectivity index (χ0) is 13.3. The van der Waals surface area contributed by atoms with Gasteiger partial charge in [-0.1, -0.05) is 12.8 Å². The lowest BCUT2D eigenvalue weighted by Crippen LogP contribution is -2.33. The highest BCUT2D eigenvalue weighted by molar-refractivity contribution is 8.08. The van der Waals surface area contributed by atoms with E-state index in [0.29, 0.717) is 4.75 Å². The van der Waals surface area contributed by atoms with Crippen molar-refractivity contribution in [2.45, 2.75) is 93.3 Å². The predicted molar refractivity (Wildman–Crippen MR) is 81.6 cm³/mol. The smallest absolute Gasteiger partial charge is 0.0979 e. The molecule has 0 bridgehead atoms. The fourth-order valence-corrected chi connectivity index (χ4v) is 6.56. The fourth-order valence-electron chi connectivity index (χ4n) is 5.26. The summed E-state index contributed by atoms with van der Waals surface area (Å²) in [6, 6.07) is 0. The molecule has 2 aliphatic carbocycles. The molecular weight excluding hydrogens is 252 g/mol. The average Bonchev–Trinajstić information content (AvgIpc) is 3.15. The minimum atomic E-state index is 0.219. The van der Waals surface area contributed by atoms with Gasteiger partial charge < -0.3 is 4.74 Å². The molecule has 2 heterocycles.